The Bertz CT molecular complexity index is 540. The van der Waals surface area contributed by atoms with Crippen LogP contribution < -0.4 is 5.32 Å². The van der Waals surface area contributed by atoms with E-state index in [4.69, 9.17) is 0 Å². The summed E-state index contributed by atoms with van der Waals surface area (Å²) in [6, 6.07) is 3.85. The Morgan fingerprint density at radius 2 is 1.62 bits per heavy atom. The van der Waals surface area contributed by atoms with Gasteiger partial charge in [-0.2, -0.15) is 19.0 Å². The molecule has 0 saturated heterocycles. The zero-order valence-corrected chi connectivity index (χ0v) is 12.9. The van der Waals surface area contributed by atoms with Crippen molar-refractivity contribution in [2.45, 2.75) is 45.9 Å². The largest absolute Gasteiger partial charge is 0.333 e. The second-order valence-corrected chi connectivity index (χ2v) is 4.67. The van der Waals surface area contributed by atoms with Crippen molar-refractivity contribution < 1.29 is 8.78 Å². The molecule has 8 heteroatoms. The molecular formula is C13H20ClF2N5. The van der Waals surface area contributed by atoms with Gasteiger partial charge in [-0.1, -0.05) is 6.92 Å². The van der Waals surface area contributed by atoms with Gasteiger partial charge in [-0.3, -0.25) is 4.68 Å². The summed E-state index contributed by atoms with van der Waals surface area (Å²) in [5, 5.41) is 11.0. The van der Waals surface area contributed by atoms with Gasteiger partial charge in [0.1, 0.15) is 0 Å². The predicted octanol–water partition coefficient (Wildman–Crippen LogP) is 3.16. The van der Waals surface area contributed by atoms with Gasteiger partial charge in [0.15, 0.2) is 0 Å². The molecule has 0 radical (unpaired) electrons. The van der Waals surface area contributed by atoms with E-state index in [2.05, 4.69) is 29.4 Å². The predicted molar refractivity (Wildman–Crippen MR) is 78.5 cm³/mol. The van der Waals surface area contributed by atoms with Gasteiger partial charge in [-0.25, -0.2) is 4.68 Å². The molecule has 2 heterocycles. The monoisotopic (exact) mass is 319 g/mol. The Morgan fingerprint density at radius 3 is 2.14 bits per heavy atom. The SMILES string of the molecule is CCC(C)n1nccc1CNCc1ccnn1C(F)F.Cl. The number of nitrogens with zero attached hydrogens (tertiary/aromatic N) is 4. The Morgan fingerprint density at radius 1 is 1.10 bits per heavy atom. The molecule has 2 aromatic heterocycles. The fourth-order valence-corrected chi connectivity index (χ4v) is 2.03. The first-order valence-electron chi connectivity index (χ1n) is 6.67. The summed E-state index contributed by atoms with van der Waals surface area (Å²) in [7, 11) is 0. The van der Waals surface area contributed by atoms with E-state index < -0.39 is 6.55 Å². The van der Waals surface area contributed by atoms with E-state index in [1.165, 1.54) is 6.20 Å². The first-order valence-corrected chi connectivity index (χ1v) is 6.67. The first-order chi connectivity index (χ1) is 9.63. The van der Waals surface area contributed by atoms with Crippen LogP contribution in [0.2, 0.25) is 0 Å². The van der Waals surface area contributed by atoms with Crippen molar-refractivity contribution in [1.29, 1.82) is 0 Å². The van der Waals surface area contributed by atoms with Crippen molar-refractivity contribution in [2.24, 2.45) is 0 Å². The summed E-state index contributed by atoms with van der Waals surface area (Å²) in [4.78, 5) is 0. The Balaban J connectivity index is 0.00000220. The molecule has 2 rings (SSSR count). The average molecular weight is 320 g/mol. The third-order valence-electron chi connectivity index (χ3n) is 3.31. The molecule has 1 unspecified atom stereocenters. The van der Waals surface area contributed by atoms with Crippen LogP contribution in [0.4, 0.5) is 8.78 Å². The highest BCUT2D eigenvalue weighted by Gasteiger charge is 2.12. The van der Waals surface area contributed by atoms with Crippen LogP contribution in [0.1, 0.15) is 44.2 Å². The smallest absolute Gasteiger partial charge is 0.306 e. The summed E-state index contributed by atoms with van der Waals surface area (Å²) >= 11 is 0. The maximum atomic E-state index is 12.6. The second-order valence-electron chi connectivity index (χ2n) is 4.67. The fourth-order valence-electron chi connectivity index (χ4n) is 2.03. The van der Waals surface area contributed by atoms with Gasteiger partial charge in [0, 0.05) is 31.5 Å². The van der Waals surface area contributed by atoms with Crippen molar-refractivity contribution in [2.75, 3.05) is 0 Å². The van der Waals surface area contributed by atoms with Crippen LogP contribution in [-0.4, -0.2) is 19.6 Å². The van der Waals surface area contributed by atoms with Crippen molar-refractivity contribution in [1.82, 2.24) is 24.9 Å². The molecule has 0 bridgehead atoms. The van der Waals surface area contributed by atoms with Crippen LogP contribution in [0.5, 0.6) is 0 Å². The van der Waals surface area contributed by atoms with Gasteiger partial charge in [0.25, 0.3) is 0 Å². The number of halogens is 3. The van der Waals surface area contributed by atoms with Gasteiger partial charge in [-0.15, -0.1) is 12.4 Å². The minimum Gasteiger partial charge on any atom is -0.306 e. The van der Waals surface area contributed by atoms with Crippen LogP contribution in [0.25, 0.3) is 0 Å². The molecule has 2 aromatic rings. The highest BCUT2D eigenvalue weighted by Crippen LogP contribution is 2.13. The number of alkyl halides is 2. The van der Waals surface area contributed by atoms with Gasteiger partial charge in [-0.05, 0) is 25.5 Å². The molecule has 1 atom stereocenters. The summed E-state index contributed by atoms with van der Waals surface area (Å²) in [5.74, 6) is 0. The third-order valence-corrected chi connectivity index (χ3v) is 3.31. The zero-order valence-electron chi connectivity index (χ0n) is 12.0. The van der Waals surface area contributed by atoms with Gasteiger partial charge in [0.2, 0.25) is 0 Å². The van der Waals surface area contributed by atoms with Crippen molar-refractivity contribution in [3.05, 3.63) is 35.9 Å². The van der Waals surface area contributed by atoms with Crippen LogP contribution in [0.3, 0.4) is 0 Å². The lowest BCUT2D eigenvalue weighted by molar-refractivity contribution is 0.0531. The van der Waals surface area contributed by atoms with Crippen molar-refractivity contribution >= 4 is 12.4 Å². The van der Waals surface area contributed by atoms with Crippen molar-refractivity contribution in [3.8, 4) is 0 Å². The summed E-state index contributed by atoms with van der Waals surface area (Å²) in [6.07, 6.45) is 4.13. The molecule has 0 aromatic carbocycles. The fraction of sp³-hybridized carbons (Fsp3) is 0.538. The van der Waals surface area contributed by atoms with Gasteiger partial charge < -0.3 is 5.32 Å². The van der Waals surface area contributed by atoms with Crippen LogP contribution in [-0.2, 0) is 13.1 Å². The maximum Gasteiger partial charge on any atom is 0.333 e. The number of hydrogen-bond donors (Lipinski definition) is 1. The van der Waals surface area contributed by atoms with Crippen molar-refractivity contribution in [3.63, 3.8) is 0 Å². The molecule has 5 nitrogen and oxygen atoms in total. The highest BCUT2D eigenvalue weighted by molar-refractivity contribution is 5.85. The molecule has 0 amide bonds. The topological polar surface area (TPSA) is 47.7 Å². The first kappa shape index (κ1) is 17.6. The minimum atomic E-state index is -2.60. The van der Waals surface area contributed by atoms with E-state index in [0.29, 0.717) is 24.8 Å². The molecule has 0 fully saturated rings. The maximum absolute atomic E-state index is 12.6. The molecule has 1 N–H and O–H groups in total. The Hall–Kier alpha value is -1.47. The molecule has 21 heavy (non-hydrogen) atoms. The van der Waals surface area contributed by atoms with Crippen LogP contribution in [0.15, 0.2) is 24.5 Å². The van der Waals surface area contributed by atoms with E-state index >= 15 is 0 Å². The standard InChI is InChI=1S/C13H19F2N5.ClH/c1-3-10(2)19-11(4-6-17-19)8-16-9-12-5-7-18-20(12)13(14)15;/h4-7,10,13,16H,3,8-9H2,1-2H3;1H. The Labute approximate surface area is 128 Å². The molecule has 0 spiro atoms. The lowest BCUT2D eigenvalue weighted by Crippen LogP contribution is -2.20. The van der Waals surface area contributed by atoms with Gasteiger partial charge in [0.05, 0.1) is 11.4 Å². The van der Waals surface area contributed by atoms with E-state index in [1.54, 1.807) is 12.3 Å². The van der Waals surface area contributed by atoms with E-state index in [0.717, 1.165) is 16.8 Å². The molecule has 0 aliphatic rings. The quantitative estimate of drug-likeness (QED) is 0.852. The minimum absolute atomic E-state index is 0. The molecule has 0 aliphatic heterocycles. The normalized spacial score (nSPS) is 12.4. The summed E-state index contributed by atoms with van der Waals surface area (Å²) in [5.41, 5.74) is 1.51. The summed E-state index contributed by atoms with van der Waals surface area (Å²) in [6.45, 7) is 2.52. The molecule has 0 aliphatic carbocycles. The van der Waals surface area contributed by atoms with E-state index in [9.17, 15) is 8.78 Å². The zero-order chi connectivity index (χ0) is 14.5. The number of aromatic nitrogens is 4. The van der Waals surface area contributed by atoms with Crippen LogP contribution >= 0.6 is 12.4 Å². The summed E-state index contributed by atoms with van der Waals surface area (Å²) < 4.78 is 27.9. The third kappa shape index (κ3) is 4.25. The van der Waals surface area contributed by atoms with Gasteiger partial charge >= 0.3 is 6.55 Å². The highest BCUT2D eigenvalue weighted by atomic mass is 35.5. The number of rotatable bonds is 7. The van der Waals surface area contributed by atoms with Crippen LogP contribution in [0, 0.1) is 0 Å². The molecular weight excluding hydrogens is 300 g/mol. The lowest BCUT2D eigenvalue weighted by Gasteiger charge is -2.14. The second kappa shape index (κ2) is 8.09. The average Bonchev–Trinajstić information content (AvgIpc) is 3.06. The lowest BCUT2D eigenvalue weighted by atomic mass is 10.2. The number of hydrogen-bond acceptors (Lipinski definition) is 3. The van der Waals surface area contributed by atoms with E-state index in [-0.39, 0.29) is 12.4 Å². The molecule has 0 saturated carbocycles. The molecule has 118 valence electrons. The number of nitrogens with one attached hydrogen (secondary N) is 1. The Kier molecular flexibility index (Phi) is 6.77. The van der Waals surface area contributed by atoms with E-state index in [1.807, 2.05) is 10.7 Å².